The fraction of sp³-hybridized carbons (Fsp3) is 0.190. The molecule has 0 saturated heterocycles. The molecule has 4 heteroatoms. The van der Waals surface area contributed by atoms with Crippen LogP contribution in [0.1, 0.15) is 28.6 Å². The lowest BCUT2D eigenvalue weighted by Crippen LogP contribution is -2.08. The van der Waals surface area contributed by atoms with Gasteiger partial charge in [0.2, 0.25) is 0 Å². The molecule has 1 heterocycles. The Labute approximate surface area is 147 Å². The van der Waals surface area contributed by atoms with Gasteiger partial charge < -0.3 is 14.1 Å². The van der Waals surface area contributed by atoms with Crippen LogP contribution in [0.15, 0.2) is 58.6 Å². The van der Waals surface area contributed by atoms with Gasteiger partial charge in [-0.1, -0.05) is 30.3 Å². The quantitative estimate of drug-likeness (QED) is 0.639. The van der Waals surface area contributed by atoms with Crippen molar-refractivity contribution in [2.24, 2.45) is 0 Å². The number of ether oxygens (including phenoxy) is 1. The first-order valence-electron chi connectivity index (χ1n) is 8.07. The zero-order valence-electron chi connectivity index (χ0n) is 14.9. The second-order valence-corrected chi connectivity index (χ2v) is 6.08. The summed E-state index contributed by atoms with van der Waals surface area (Å²) in [6.07, 6.45) is 1.89. The summed E-state index contributed by atoms with van der Waals surface area (Å²) in [5.41, 5.74) is 2.84. The number of nitrogens with zero attached hydrogens (tertiary/aromatic N) is 1. The highest BCUT2D eigenvalue weighted by atomic mass is 16.5. The first-order chi connectivity index (χ1) is 12.0. The van der Waals surface area contributed by atoms with Crippen LogP contribution in [0.25, 0.3) is 17.0 Å². The number of methoxy groups -OCH3 is 1. The molecule has 0 saturated carbocycles. The van der Waals surface area contributed by atoms with Gasteiger partial charge in [-0.2, -0.15) is 0 Å². The number of hydrogen-bond acceptors (Lipinski definition) is 4. The van der Waals surface area contributed by atoms with E-state index in [9.17, 15) is 4.79 Å². The molecule has 1 aromatic heterocycles. The third kappa shape index (κ3) is 3.29. The molecule has 0 spiro atoms. The molecule has 0 atom stereocenters. The van der Waals surface area contributed by atoms with Gasteiger partial charge in [-0.05, 0) is 25.1 Å². The average Bonchev–Trinajstić information content (AvgIpc) is 2.98. The Hall–Kier alpha value is -3.01. The molecule has 2 aromatic carbocycles. The van der Waals surface area contributed by atoms with Gasteiger partial charge in [0.25, 0.3) is 0 Å². The summed E-state index contributed by atoms with van der Waals surface area (Å²) in [4.78, 5) is 15.1. The highest BCUT2D eigenvalue weighted by molar-refractivity contribution is 6.18. The van der Waals surface area contributed by atoms with Gasteiger partial charge in [-0.25, -0.2) is 0 Å². The first kappa shape index (κ1) is 16.8. The number of hydrogen-bond donors (Lipinski definition) is 0. The lowest BCUT2D eigenvalue weighted by molar-refractivity contribution is 0.103. The van der Waals surface area contributed by atoms with Crippen LogP contribution in [0, 0.1) is 0 Å². The van der Waals surface area contributed by atoms with E-state index >= 15 is 0 Å². The summed E-state index contributed by atoms with van der Waals surface area (Å²) in [5, 5.41) is 0.756. The summed E-state index contributed by atoms with van der Waals surface area (Å²) in [6.45, 7) is 1.98. The lowest BCUT2D eigenvalue weighted by atomic mass is 9.99. The molecule has 3 rings (SSSR count). The van der Waals surface area contributed by atoms with Gasteiger partial charge in [0.15, 0.2) is 5.78 Å². The monoisotopic (exact) mass is 335 g/mol. The third-order valence-electron chi connectivity index (χ3n) is 4.23. The normalized spacial score (nSPS) is 11.6. The number of carbonyl (C=O) groups excluding carboxylic acids is 1. The van der Waals surface area contributed by atoms with Crippen molar-refractivity contribution in [2.75, 3.05) is 21.2 Å². The smallest absolute Gasteiger partial charge is 0.197 e. The Balaban J connectivity index is 2.25. The molecule has 0 aliphatic rings. The van der Waals surface area contributed by atoms with Gasteiger partial charge in [0.1, 0.15) is 17.1 Å². The van der Waals surface area contributed by atoms with E-state index in [2.05, 4.69) is 0 Å². The summed E-state index contributed by atoms with van der Waals surface area (Å²) in [7, 11) is 5.52. The minimum Gasteiger partial charge on any atom is -0.497 e. The van der Waals surface area contributed by atoms with Gasteiger partial charge >= 0.3 is 0 Å². The van der Waals surface area contributed by atoms with Crippen LogP contribution >= 0.6 is 0 Å². The Morgan fingerprint density at radius 1 is 1.12 bits per heavy atom. The summed E-state index contributed by atoms with van der Waals surface area (Å²) < 4.78 is 11.3. The number of furan rings is 1. The number of rotatable bonds is 5. The third-order valence-corrected chi connectivity index (χ3v) is 4.23. The molecule has 0 fully saturated rings. The van der Waals surface area contributed by atoms with Crippen molar-refractivity contribution in [3.63, 3.8) is 0 Å². The van der Waals surface area contributed by atoms with E-state index in [4.69, 9.17) is 9.15 Å². The summed E-state index contributed by atoms with van der Waals surface area (Å²) in [6, 6.07) is 14.7. The number of fused-ring (bicyclic) bond motifs is 1. The highest BCUT2D eigenvalue weighted by Crippen LogP contribution is 2.32. The van der Waals surface area contributed by atoms with Crippen molar-refractivity contribution in [3.8, 4) is 5.75 Å². The Morgan fingerprint density at radius 2 is 1.84 bits per heavy atom. The van der Waals surface area contributed by atoms with E-state index in [1.807, 2.05) is 80.5 Å². The van der Waals surface area contributed by atoms with Crippen LogP contribution in [0.3, 0.4) is 0 Å². The van der Waals surface area contributed by atoms with Gasteiger partial charge in [-0.15, -0.1) is 0 Å². The van der Waals surface area contributed by atoms with Crippen molar-refractivity contribution >= 4 is 22.8 Å². The minimum atomic E-state index is -0.0644. The molecular formula is C21H21NO3. The zero-order chi connectivity index (χ0) is 18.0. The molecule has 0 radical (unpaired) electrons. The fourth-order valence-electron chi connectivity index (χ4n) is 2.61. The number of ketones is 1. The zero-order valence-corrected chi connectivity index (χ0v) is 14.9. The standard InChI is InChI=1S/C21H21NO3/c1-14(22(2)3)12-19-20(21(23)15-8-6-5-7-9-15)17-13-16(24-4)10-11-18(17)25-19/h5-13H,1-4H3. The molecule has 4 nitrogen and oxygen atoms in total. The molecule has 0 bridgehead atoms. The van der Waals surface area contributed by atoms with E-state index in [-0.39, 0.29) is 5.78 Å². The molecule has 3 aromatic rings. The molecule has 0 unspecified atom stereocenters. The molecule has 25 heavy (non-hydrogen) atoms. The van der Waals surface area contributed by atoms with Crippen LogP contribution in [0.5, 0.6) is 5.75 Å². The fourth-order valence-corrected chi connectivity index (χ4v) is 2.61. The summed E-state index contributed by atoms with van der Waals surface area (Å²) >= 11 is 0. The van der Waals surface area contributed by atoms with Crippen molar-refractivity contribution < 1.29 is 13.9 Å². The largest absolute Gasteiger partial charge is 0.497 e. The molecule has 0 amide bonds. The van der Waals surface area contributed by atoms with Crippen LogP contribution in [-0.4, -0.2) is 31.9 Å². The van der Waals surface area contributed by atoms with Gasteiger partial charge in [0.05, 0.1) is 12.7 Å². The van der Waals surface area contributed by atoms with Crippen molar-refractivity contribution in [1.29, 1.82) is 0 Å². The molecule has 0 aliphatic heterocycles. The van der Waals surface area contributed by atoms with Crippen LogP contribution < -0.4 is 4.74 Å². The van der Waals surface area contributed by atoms with E-state index in [1.165, 1.54) is 0 Å². The Bertz CT molecular complexity index is 936. The number of allylic oxidation sites excluding steroid dienone is 1. The molecular weight excluding hydrogens is 314 g/mol. The summed E-state index contributed by atoms with van der Waals surface area (Å²) in [5.74, 6) is 1.18. The topological polar surface area (TPSA) is 42.7 Å². The maximum Gasteiger partial charge on any atom is 0.197 e. The SMILES string of the molecule is COc1ccc2oc(C=C(C)N(C)C)c(C(=O)c3ccccc3)c2c1. The van der Waals surface area contributed by atoms with E-state index < -0.39 is 0 Å². The lowest BCUT2D eigenvalue weighted by Gasteiger charge is -2.12. The predicted molar refractivity (Wildman–Crippen MR) is 100.0 cm³/mol. The number of carbonyl (C=O) groups is 1. The highest BCUT2D eigenvalue weighted by Gasteiger charge is 2.21. The van der Waals surface area contributed by atoms with Crippen LogP contribution in [0.2, 0.25) is 0 Å². The van der Waals surface area contributed by atoms with E-state index in [1.54, 1.807) is 7.11 Å². The number of benzene rings is 2. The molecule has 0 aliphatic carbocycles. The maximum atomic E-state index is 13.1. The van der Waals surface area contributed by atoms with Crippen LogP contribution in [0.4, 0.5) is 0 Å². The van der Waals surface area contributed by atoms with Crippen molar-refractivity contribution in [3.05, 3.63) is 71.1 Å². The molecule has 128 valence electrons. The Kier molecular flexibility index (Phi) is 4.61. The Morgan fingerprint density at radius 3 is 2.48 bits per heavy atom. The van der Waals surface area contributed by atoms with Crippen molar-refractivity contribution in [2.45, 2.75) is 6.92 Å². The van der Waals surface area contributed by atoms with Crippen LogP contribution in [-0.2, 0) is 0 Å². The average molecular weight is 335 g/mol. The predicted octanol–water partition coefficient (Wildman–Crippen LogP) is 4.59. The minimum absolute atomic E-state index is 0.0644. The van der Waals surface area contributed by atoms with E-state index in [0.717, 1.165) is 11.1 Å². The molecule has 0 N–H and O–H groups in total. The van der Waals surface area contributed by atoms with Crippen molar-refractivity contribution in [1.82, 2.24) is 4.90 Å². The first-order valence-corrected chi connectivity index (χ1v) is 8.07. The van der Waals surface area contributed by atoms with Gasteiger partial charge in [-0.3, -0.25) is 4.79 Å². The van der Waals surface area contributed by atoms with E-state index in [0.29, 0.717) is 28.2 Å². The maximum absolute atomic E-state index is 13.1. The second-order valence-electron chi connectivity index (χ2n) is 6.08. The second kappa shape index (κ2) is 6.85. The van der Waals surface area contributed by atoms with Gasteiger partial charge in [0, 0.05) is 36.8 Å².